The molecule has 3 N–H and O–H groups in total. The van der Waals surface area contributed by atoms with Crippen LogP contribution in [0.15, 0.2) is 34.8 Å². The molecule has 2 aromatic rings. The second-order valence-corrected chi connectivity index (χ2v) is 7.64. The van der Waals surface area contributed by atoms with Gasteiger partial charge >= 0.3 is 6.09 Å². The van der Waals surface area contributed by atoms with Gasteiger partial charge in [0.2, 0.25) is 0 Å². The quantitative estimate of drug-likeness (QED) is 0.734. The van der Waals surface area contributed by atoms with Crippen LogP contribution in [0.5, 0.6) is 0 Å². The van der Waals surface area contributed by atoms with Gasteiger partial charge in [-0.05, 0) is 31.4 Å². The molecule has 1 aliphatic heterocycles. The lowest BCUT2D eigenvalue weighted by atomic mass is 10.3. The third kappa shape index (κ3) is 4.14. The van der Waals surface area contributed by atoms with E-state index < -0.39 is 17.4 Å². The maximum Gasteiger partial charge on any atom is 0.414 e. The smallest absolute Gasteiger partial charge is 0.414 e. The fourth-order valence-electron chi connectivity index (χ4n) is 2.18. The second-order valence-electron chi connectivity index (χ2n) is 5.57. The Morgan fingerprint density at radius 1 is 1.31 bits per heavy atom. The number of ether oxygens (including phenoxy) is 1. The minimum absolute atomic E-state index is 0.200. The normalized spacial score (nSPS) is 15.1. The first-order valence-electron chi connectivity index (χ1n) is 7.71. The summed E-state index contributed by atoms with van der Waals surface area (Å²) < 4.78 is 4.88. The predicted octanol–water partition coefficient (Wildman–Crippen LogP) is 2.90. The van der Waals surface area contributed by atoms with Crippen LogP contribution < -0.4 is 16.0 Å². The van der Waals surface area contributed by atoms with E-state index in [2.05, 4.69) is 20.9 Å². The molecule has 0 fully saturated rings. The van der Waals surface area contributed by atoms with Gasteiger partial charge in [-0.3, -0.25) is 19.9 Å². The number of aromatic nitrogens is 1. The number of hydrogen-bond donors (Lipinski definition) is 3. The molecule has 0 aromatic carbocycles. The van der Waals surface area contributed by atoms with Crippen LogP contribution in [0, 0.1) is 0 Å². The fraction of sp³-hybridized carbons (Fsp3) is 0.250. The van der Waals surface area contributed by atoms with E-state index in [9.17, 15) is 14.4 Å². The summed E-state index contributed by atoms with van der Waals surface area (Å²) in [4.78, 5) is 41.2. The summed E-state index contributed by atoms with van der Waals surface area (Å²) in [6, 6.07) is 3.36. The second kappa shape index (κ2) is 7.75. The van der Waals surface area contributed by atoms with Crippen molar-refractivity contribution in [2.24, 2.45) is 0 Å². The number of fused-ring (bicyclic) bond motifs is 1. The molecule has 8 nitrogen and oxygen atoms in total. The molecule has 1 atom stereocenters. The van der Waals surface area contributed by atoms with E-state index in [0.717, 1.165) is 10.6 Å². The van der Waals surface area contributed by atoms with Crippen LogP contribution in [-0.2, 0) is 9.53 Å². The molecule has 10 heteroatoms. The molecule has 0 saturated heterocycles. The van der Waals surface area contributed by atoms with Crippen LogP contribution >= 0.6 is 23.1 Å². The van der Waals surface area contributed by atoms with E-state index in [1.54, 1.807) is 31.6 Å². The van der Waals surface area contributed by atoms with Gasteiger partial charge in [-0.2, -0.15) is 0 Å². The van der Waals surface area contributed by atoms with Gasteiger partial charge in [0, 0.05) is 11.1 Å². The third-order valence-corrected chi connectivity index (χ3v) is 5.26. The molecule has 3 amide bonds. The Hall–Kier alpha value is -2.59. The summed E-state index contributed by atoms with van der Waals surface area (Å²) in [5, 5.41) is 9.42. The van der Waals surface area contributed by atoms with E-state index >= 15 is 0 Å². The number of alkyl carbamates (subject to hydrolysis) is 1. The number of amides is 3. The molecule has 0 saturated carbocycles. The van der Waals surface area contributed by atoms with E-state index in [1.165, 1.54) is 29.2 Å². The number of thiophene rings is 1. The van der Waals surface area contributed by atoms with Crippen molar-refractivity contribution < 1.29 is 19.1 Å². The summed E-state index contributed by atoms with van der Waals surface area (Å²) in [5.74, 6) is -0.931. The average molecular weight is 392 g/mol. The largest absolute Gasteiger partial charge is 0.447 e. The van der Waals surface area contributed by atoms with Crippen molar-refractivity contribution in [3.05, 3.63) is 35.5 Å². The van der Waals surface area contributed by atoms with Gasteiger partial charge in [-0.1, -0.05) is 11.8 Å². The molecule has 3 rings (SSSR count). The Morgan fingerprint density at radius 2 is 2.12 bits per heavy atom. The minimum Gasteiger partial charge on any atom is -0.447 e. The molecule has 136 valence electrons. The van der Waals surface area contributed by atoms with Crippen molar-refractivity contribution >= 4 is 51.7 Å². The highest BCUT2D eigenvalue weighted by molar-refractivity contribution is 8.01. The minimum atomic E-state index is -0.829. The zero-order valence-corrected chi connectivity index (χ0v) is 15.6. The van der Waals surface area contributed by atoms with Crippen molar-refractivity contribution in [3.63, 3.8) is 0 Å². The maximum atomic E-state index is 12.5. The van der Waals surface area contributed by atoms with Crippen molar-refractivity contribution in [2.75, 3.05) is 10.6 Å². The molecule has 0 aliphatic carbocycles. The van der Waals surface area contributed by atoms with Gasteiger partial charge in [0.15, 0.2) is 5.37 Å². The number of carbonyl (C=O) groups excluding carboxylic acids is 3. The zero-order valence-electron chi connectivity index (χ0n) is 13.9. The van der Waals surface area contributed by atoms with Crippen LogP contribution in [-0.4, -0.2) is 34.4 Å². The highest BCUT2D eigenvalue weighted by Crippen LogP contribution is 2.38. The first-order valence-corrected chi connectivity index (χ1v) is 9.47. The summed E-state index contributed by atoms with van der Waals surface area (Å²) in [6.07, 6.45) is 2.14. The predicted molar refractivity (Wildman–Crippen MR) is 99.5 cm³/mol. The van der Waals surface area contributed by atoms with E-state index in [4.69, 9.17) is 4.74 Å². The van der Waals surface area contributed by atoms with Crippen LogP contribution in [0.1, 0.15) is 24.2 Å². The molecule has 0 spiro atoms. The number of hydrogen-bond acceptors (Lipinski definition) is 8. The number of rotatable bonds is 4. The molecule has 3 heterocycles. The Labute approximate surface area is 157 Å². The van der Waals surface area contributed by atoms with E-state index in [-0.39, 0.29) is 17.6 Å². The number of nitrogens with zero attached hydrogens (tertiary/aromatic N) is 1. The average Bonchev–Trinajstić information content (AvgIpc) is 3.20. The molecule has 0 bridgehead atoms. The van der Waals surface area contributed by atoms with Gasteiger partial charge in [0.25, 0.3) is 11.8 Å². The summed E-state index contributed by atoms with van der Waals surface area (Å²) in [6.45, 7) is 3.36. The highest BCUT2D eigenvalue weighted by atomic mass is 32.2. The molecule has 1 unspecified atom stereocenters. The fourth-order valence-corrected chi connectivity index (χ4v) is 3.95. The molecule has 1 aliphatic rings. The molecule has 26 heavy (non-hydrogen) atoms. The van der Waals surface area contributed by atoms with Crippen molar-refractivity contribution in [2.45, 2.75) is 30.2 Å². The van der Waals surface area contributed by atoms with Gasteiger partial charge in [-0.15, -0.1) is 11.3 Å². The van der Waals surface area contributed by atoms with Gasteiger partial charge in [-0.25, -0.2) is 4.79 Å². The number of thioether (sulfide) groups is 1. The molecule has 2 aromatic heterocycles. The first-order chi connectivity index (χ1) is 12.4. The van der Waals surface area contributed by atoms with Gasteiger partial charge < -0.3 is 15.4 Å². The number of pyridine rings is 1. The van der Waals surface area contributed by atoms with E-state index in [1.807, 2.05) is 6.07 Å². The SMILES string of the molecule is CC(C)OC(=O)NC(=O)c1ccsc1NC(=O)C1Nc2cnccc2S1. The van der Waals surface area contributed by atoms with Crippen LogP contribution in [0.4, 0.5) is 15.5 Å². The zero-order chi connectivity index (χ0) is 18.7. The van der Waals surface area contributed by atoms with Crippen molar-refractivity contribution in [1.82, 2.24) is 10.3 Å². The number of nitrogens with one attached hydrogen (secondary N) is 3. The van der Waals surface area contributed by atoms with Crippen LogP contribution in [0.25, 0.3) is 0 Å². The van der Waals surface area contributed by atoms with Crippen molar-refractivity contribution in [1.29, 1.82) is 0 Å². The Balaban J connectivity index is 1.63. The van der Waals surface area contributed by atoms with E-state index in [0.29, 0.717) is 5.00 Å². The van der Waals surface area contributed by atoms with Crippen LogP contribution in [0.3, 0.4) is 0 Å². The summed E-state index contributed by atoms with van der Waals surface area (Å²) in [5.41, 5.74) is 0.990. The third-order valence-electron chi connectivity index (χ3n) is 3.26. The standard InChI is InChI=1S/C16H16N4O4S2/c1-8(2)24-16(23)20-12(21)9-4-6-25-14(9)19-13(22)15-18-10-7-17-5-3-11(10)26-15/h3-8,15,18H,1-2H3,(H,19,22)(H,20,21,23). The topological polar surface area (TPSA) is 109 Å². The lowest BCUT2D eigenvalue weighted by molar-refractivity contribution is -0.115. The van der Waals surface area contributed by atoms with Gasteiger partial charge in [0.1, 0.15) is 5.00 Å². The Kier molecular flexibility index (Phi) is 5.43. The Morgan fingerprint density at radius 3 is 2.85 bits per heavy atom. The Bertz CT molecular complexity index is 827. The number of carbonyl (C=O) groups is 3. The molecular formula is C16H16N4O4S2. The lowest BCUT2D eigenvalue weighted by Crippen LogP contribution is -2.33. The highest BCUT2D eigenvalue weighted by Gasteiger charge is 2.29. The number of imide groups is 1. The maximum absolute atomic E-state index is 12.5. The van der Waals surface area contributed by atoms with Crippen LogP contribution in [0.2, 0.25) is 0 Å². The summed E-state index contributed by atoms with van der Waals surface area (Å²) in [7, 11) is 0. The first kappa shape index (κ1) is 18.2. The number of anilines is 2. The molecular weight excluding hydrogens is 376 g/mol. The monoisotopic (exact) mass is 392 g/mol. The van der Waals surface area contributed by atoms with Crippen molar-refractivity contribution in [3.8, 4) is 0 Å². The summed E-state index contributed by atoms with van der Waals surface area (Å²) >= 11 is 2.56. The molecule has 0 radical (unpaired) electrons. The van der Waals surface area contributed by atoms with Gasteiger partial charge in [0.05, 0.1) is 23.6 Å². The lowest BCUT2D eigenvalue weighted by Gasteiger charge is -2.12.